The van der Waals surface area contributed by atoms with Gasteiger partial charge in [-0.15, -0.1) is 0 Å². The first kappa shape index (κ1) is 24.5. The molecule has 0 nitrogen and oxygen atoms in total. The van der Waals surface area contributed by atoms with Crippen molar-refractivity contribution >= 4 is 0 Å². The Morgan fingerprint density at radius 1 is 0.536 bits per heavy atom. The summed E-state index contributed by atoms with van der Waals surface area (Å²) in [6.07, 6.45) is 7.31. The Morgan fingerprint density at radius 3 is 1.11 bits per heavy atom. The number of hydrogen-bond acceptors (Lipinski definition) is 0. The zero-order chi connectivity index (χ0) is 21.1. The SMILES string of the molecule is CCC(CC)c1ccc(C(CC)CC)cc1.CCc1cc(CC)c(C)cc1C. The molecule has 0 spiro atoms. The standard InChI is InChI=1S/C16H26.C12H18/c1-5-13(6-2)15-9-11-16(12-10-15)14(7-3)8-4;1-5-11-8-12(6-2)10(4)7-9(11)3/h9-14H,5-8H2,1-4H3;7-8H,5-6H2,1-4H3. The minimum Gasteiger partial charge on any atom is -0.0648 e. The number of hydrogen-bond donors (Lipinski definition) is 0. The fourth-order valence-electron chi connectivity index (χ4n) is 4.27. The Labute approximate surface area is 175 Å². The van der Waals surface area contributed by atoms with Gasteiger partial charge in [-0.3, -0.25) is 0 Å². The molecule has 0 aliphatic carbocycles. The second kappa shape index (κ2) is 12.8. The smallest absolute Gasteiger partial charge is 0.0167 e. The van der Waals surface area contributed by atoms with Gasteiger partial charge in [0, 0.05) is 0 Å². The van der Waals surface area contributed by atoms with Crippen LogP contribution >= 0.6 is 0 Å². The van der Waals surface area contributed by atoms with Crippen LogP contribution in [-0.4, -0.2) is 0 Å². The highest BCUT2D eigenvalue weighted by molar-refractivity contribution is 5.37. The molecule has 2 rings (SSSR count). The van der Waals surface area contributed by atoms with Crippen LogP contribution in [0.5, 0.6) is 0 Å². The van der Waals surface area contributed by atoms with Crippen molar-refractivity contribution in [2.75, 3.05) is 0 Å². The van der Waals surface area contributed by atoms with E-state index in [1.807, 2.05) is 0 Å². The predicted molar refractivity (Wildman–Crippen MR) is 128 cm³/mol. The summed E-state index contributed by atoms with van der Waals surface area (Å²) in [4.78, 5) is 0. The van der Waals surface area contributed by atoms with Crippen molar-refractivity contribution in [3.8, 4) is 0 Å². The van der Waals surface area contributed by atoms with Crippen LogP contribution in [0.4, 0.5) is 0 Å². The van der Waals surface area contributed by atoms with Crippen molar-refractivity contribution in [3.63, 3.8) is 0 Å². The molecule has 0 heterocycles. The molecule has 0 N–H and O–H groups in total. The molecule has 2 aromatic rings. The van der Waals surface area contributed by atoms with E-state index in [9.17, 15) is 0 Å². The van der Waals surface area contributed by atoms with Crippen molar-refractivity contribution in [3.05, 3.63) is 69.8 Å². The molecule has 0 atom stereocenters. The maximum absolute atomic E-state index is 2.35. The molecule has 0 bridgehead atoms. The Morgan fingerprint density at radius 2 is 0.857 bits per heavy atom. The van der Waals surface area contributed by atoms with E-state index in [0.29, 0.717) is 0 Å². The highest BCUT2D eigenvalue weighted by Crippen LogP contribution is 2.27. The van der Waals surface area contributed by atoms with Gasteiger partial charge in [0.05, 0.1) is 0 Å². The first-order chi connectivity index (χ1) is 13.4. The third-order valence-electron chi connectivity index (χ3n) is 6.41. The van der Waals surface area contributed by atoms with Crippen LogP contribution in [-0.2, 0) is 12.8 Å². The quantitative estimate of drug-likeness (QED) is 0.429. The van der Waals surface area contributed by atoms with Crippen molar-refractivity contribution in [2.45, 2.75) is 106 Å². The van der Waals surface area contributed by atoms with Crippen LogP contribution in [0.1, 0.15) is 112 Å². The molecule has 156 valence electrons. The highest BCUT2D eigenvalue weighted by atomic mass is 14.1. The molecule has 0 aliphatic heterocycles. The lowest BCUT2D eigenvalue weighted by molar-refractivity contribution is 0.631. The largest absolute Gasteiger partial charge is 0.0648 e. The van der Waals surface area contributed by atoms with Gasteiger partial charge in [-0.1, -0.05) is 77.9 Å². The molecule has 0 radical (unpaired) electrons. The van der Waals surface area contributed by atoms with Gasteiger partial charge in [-0.2, -0.15) is 0 Å². The van der Waals surface area contributed by atoms with Crippen LogP contribution in [0.2, 0.25) is 0 Å². The molecule has 28 heavy (non-hydrogen) atoms. The summed E-state index contributed by atoms with van der Waals surface area (Å²) in [6, 6.07) is 14.0. The lowest BCUT2D eigenvalue weighted by atomic mass is 9.89. The number of rotatable bonds is 8. The van der Waals surface area contributed by atoms with E-state index < -0.39 is 0 Å². The second-order valence-corrected chi connectivity index (χ2v) is 8.11. The topological polar surface area (TPSA) is 0 Å². The summed E-state index contributed by atoms with van der Waals surface area (Å²) in [5, 5.41) is 0. The van der Waals surface area contributed by atoms with E-state index in [-0.39, 0.29) is 0 Å². The molecule has 0 heteroatoms. The average molecular weight is 381 g/mol. The van der Waals surface area contributed by atoms with Gasteiger partial charge in [0.15, 0.2) is 0 Å². The molecular formula is C28H44. The lowest BCUT2D eigenvalue weighted by Crippen LogP contribution is -1.98. The molecule has 2 aromatic carbocycles. The van der Waals surface area contributed by atoms with Gasteiger partial charge in [-0.25, -0.2) is 0 Å². The minimum absolute atomic E-state index is 0.746. The van der Waals surface area contributed by atoms with E-state index in [2.05, 4.69) is 91.8 Å². The molecule has 0 fully saturated rings. The van der Waals surface area contributed by atoms with E-state index in [1.165, 1.54) is 59.1 Å². The monoisotopic (exact) mass is 380 g/mol. The van der Waals surface area contributed by atoms with Gasteiger partial charge < -0.3 is 0 Å². The van der Waals surface area contributed by atoms with Crippen LogP contribution in [0.25, 0.3) is 0 Å². The first-order valence-corrected chi connectivity index (χ1v) is 11.6. The van der Waals surface area contributed by atoms with Gasteiger partial charge in [0.1, 0.15) is 0 Å². The van der Waals surface area contributed by atoms with Crippen molar-refractivity contribution in [1.29, 1.82) is 0 Å². The van der Waals surface area contributed by atoms with Crippen molar-refractivity contribution in [1.82, 2.24) is 0 Å². The normalized spacial score (nSPS) is 10.9. The summed E-state index contributed by atoms with van der Waals surface area (Å²) < 4.78 is 0. The summed E-state index contributed by atoms with van der Waals surface area (Å²) in [5.74, 6) is 1.49. The fraction of sp³-hybridized carbons (Fsp3) is 0.571. The summed E-state index contributed by atoms with van der Waals surface area (Å²) in [7, 11) is 0. The van der Waals surface area contributed by atoms with E-state index in [0.717, 1.165) is 24.7 Å². The summed E-state index contributed by atoms with van der Waals surface area (Å²) in [6.45, 7) is 18.0. The molecule has 0 aromatic heterocycles. The average Bonchev–Trinajstić information content (AvgIpc) is 2.71. The van der Waals surface area contributed by atoms with Crippen LogP contribution in [0.15, 0.2) is 36.4 Å². The molecule has 0 aliphatic rings. The summed E-state index contributed by atoms with van der Waals surface area (Å²) in [5.41, 5.74) is 8.90. The Kier molecular flexibility index (Phi) is 11.2. The van der Waals surface area contributed by atoms with E-state index in [1.54, 1.807) is 0 Å². The van der Waals surface area contributed by atoms with Crippen LogP contribution in [0, 0.1) is 13.8 Å². The van der Waals surface area contributed by atoms with Crippen molar-refractivity contribution in [2.24, 2.45) is 0 Å². The number of benzene rings is 2. The van der Waals surface area contributed by atoms with Crippen LogP contribution in [0.3, 0.4) is 0 Å². The Balaban J connectivity index is 0.000000292. The van der Waals surface area contributed by atoms with Gasteiger partial charge in [0.2, 0.25) is 0 Å². The molecule has 0 unspecified atom stereocenters. The van der Waals surface area contributed by atoms with Crippen LogP contribution < -0.4 is 0 Å². The third kappa shape index (κ3) is 6.80. The summed E-state index contributed by atoms with van der Waals surface area (Å²) >= 11 is 0. The number of aryl methyl sites for hydroxylation is 4. The third-order valence-corrected chi connectivity index (χ3v) is 6.41. The lowest BCUT2D eigenvalue weighted by Gasteiger charge is -2.16. The van der Waals surface area contributed by atoms with E-state index >= 15 is 0 Å². The maximum atomic E-state index is 2.35. The maximum Gasteiger partial charge on any atom is -0.0167 e. The molecule has 0 saturated heterocycles. The zero-order valence-corrected chi connectivity index (χ0v) is 19.9. The fourth-order valence-corrected chi connectivity index (χ4v) is 4.27. The highest BCUT2D eigenvalue weighted by Gasteiger charge is 2.09. The predicted octanol–water partition coefficient (Wildman–Crippen LogP) is 8.92. The molecule has 0 amide bonds. The van der Waals surface area contributed by atoms with Gasteiger partial charge in [-0.05, 0) is 97.6 Å². The Hall–Kier alpha value is -1.56. The molecular weight excluding hydrogens is 336 g/mol. The van der Waals surface area contributed by atoms with E-state index in [4.69, 9.17) is 0 Å². The molecule has 0 saturated carbocycles. The van der Waals surface area contributed by atoms with Crippen molar-refractivity contribution < 1.29 is 0 Å². The van der Waals surface area contributed by atoms with Gasteiger partial charge >= 0.3 is 0 Å². The second-order valence-electron chi connectivity index (χ2n) is 8.11. The first-order valence-electron chi connectivity index (χ1n) is 11.6. The minimum atomic E-state index is 0.746. The Bertz CT molecular complexity index is 614. The van der Waals surface area contributed by atoms with Gasteiger partial charge in [0.25, 0.3) is 0 Å². The zero-order valence-electron chi connectivity index (χ0n) is 19.9.